The molecule has 0 aromatic heterocycles. The van der Waals surface area contributed by atoms with Crippen molar-refractivity contribution in [3.05, 3.63) is 42.5 Å². The van der Waals surface area contributed by atoms with Gasteiger partial charge < -0.3 is 16.0 Å². The molecule has 1 heterocycles. The van der Waals surface area contributed by atoms with Gasteiger partial charge in [-0.3, -0.25) is 15.1 Å². The third kappa shape index (κ3) is 5.67. The molecule has 2 amide bonds. The van der Waals surface area contributed by atoms with Gasteiger partial charge in [-0.05, 0) is 70.4 Å². The summed E-state index contributed by atoms with van der Waals surface area (Å²) in [6.45, 7) is 4.18. The molecule has 0 aliphatic carbocycles. The van der Waals surface area contributed by atoms with Gasteiger partial charge in [-0.1, -0.05) is 30.3 Å². The maximum Gasteiger partial charge on any atom is 0.321 e. The standard InChI is InChI=1S/C22H34N6O/c1-16-14-20(27(3)13-7-12-23-2)28(4)21(24-16)26-22(29)25-19-11-10-17-8-5-6-9-18(17)15-19/h5-6,8-11,15-16,20-21,23-24H,7,12-14H2,1-4H3,(H2,25,26,29). The molecule has 3 rings (SSSR count). The highest BCUT2D eigenvalue weighted by molar-refractivity contribution is 5.93. The zero-order chi connectivity index (χ0) is 20.8. The fourth-order valence-corrected chi connectivity index (χ4v) is 3.96. The van der Waals surface area contributed by atoms with Gasteiger partial charge in [-0.2, -0.15) is 0 Å². The number of amides is 2. The Bertz CT molecular complexity index is 813. The maximum absolute atomic E-state index is 12.6. The summed E-state index contributed by atoms with van der Waals surface area (Å²) in [5.74, 6) is 0. The minimum absolute atomic E-state index is 0.213. The molecule has 1 fully saturated rings. The van der Waals surface area contributed by atoms with Crippen molar-refractivity contribution >= 4 is 22.5 Å². The minimum atomic E-state index is -0.226. The lowest BCUT2D eigenvalue weighted by atomic mass is 10.1. The summed E-state index contributed by atoms with van der Waals surface area (Å²) >= 11 is 0. The number of hydrogen-bond donors (Lipinski definition) is 4. The normalized spacial score (nSPS) is 22.7. The third-order valence-corrected chi connectivity index (χ3v) is 5.61. The van der Waals surface area contributed by atoms with Crippen molar-refractivity contribution in [1.82, 2.24) is 25.8 Å². The topological polar surface area (TPSA) is 71.7 Å². The monoisotopic (exact) mass is 398 g/mol. The quantitative estimate of drug-likeness (QED) is 0.539. The van der Waals surface area contributed by atoms with Crippen LogP contribution in [0.2, 0.25) is 0 Å². The predicted octanol–water partition coefficient (Wildman–Crippen LogP) is 2.43. The number of fused-ring (bicyclic) bond motifs is 1. The largest absolute Gasteiger partial charge is 0.321 e. The molecule has 0 bridgehead atoms. The Balaban J connectivity index is 1.60. The van der Waals surface area contributed by atoms with E-state index in [9.17, 15) is 4.79 Å². The highest BCUT2D eigenvalue weighted by Gasteiger charge is 2.33. The molecule has 7 nitrogen and oxygen atoms in total. The molecule has 3 unspecified atom stereocenters. The molecular weight excluding hydrogens is 364 g/mol. The molecule has 2 aromatic rings. The summed E-state index contributed by atoms with van der Waals surface area (Å²) in [6, 6.07) is 14.2. The molecule has 0 radical (unpaired) electrons. The lowest BCUT2D eigenvalue weighted by molar-refractivity contribution is -0.0191. The van der Waals surface area contributed by atoms with Crippen molar-refractivity contribution in [2.75, 3.05) is 39.5 Å². The van der Waals surface area contributed by atoms with Crippen molar-refractivity contribution in [3.8, 4) is 0 Å². The average molecular weight is 399 g/mol. The number of anilines is 1. The number of hydrogen-bond acceptors (Lipinski definition) is 5. The fourth-order valence-electron chi connectivity index (χ4n) is 3.96. The smallest absolute Gasteiger partial charge is 0.320 e. The third-order valence-electron chi connectivity index (χ3n) is 5.61. The van der Waals surface area contributed by atoms with E-state index in [1.54, 1.807) is 0 Å². The van der Waals surface area contributed by atoms with Gasteiger partial charge in [0.15, 0.2) is 0 Å². The van der Waals surface area contributed by atoms with Crippen LogP contribution < -0.4 is 21.3 Å². The molecule has 1 aliphatic rings. The van der Waals surface area contributed by atoms with Gasteiger partial charge in [0.25, 0.3) is 0 Å². The van der Waals surface area contributed by atoms with Gasteiger partial charge in [0.05, 0.1) is 6.17 Å². The zero-order valence-corrected chi connectivity index (χ0v) is 17.9. The maximum atomic E-state index is 12.6. The van der Waals surface area contributed by atoms with E-state index in [2.05, 4.69) is 58.2 Å². The molecule has 4 N–H and O–H groups in total. The number of nitrogens with one attached hydrogen (secondary N) is 4. The van der Waals surface area contributed by atoms with Gasteiger partial charge in [0.2, 0.25) is 0 Å². The molecular formula is C22H34N6O. The predicted molar refractivity (Wildman–Crippen MR) is 120 cm³/mol. The summed E-state index contributed by atoms with van der Waals surface area (Å²) in [5.41, 5.74) is 0.786. The van der Waals surface area contributed by atoms with Crippen molar-refractivity contribution < 1.29 is 4.79 Å². The Morgan fingerprint density at radius 2 is 2.00 bits per heavy atom. The van der Waals surface area contributed by atoms with E-state index < -0.39 is 0 Å². The molecule has 3 atom stereocenters. The van der Waals surface area contributed by atoms with Crippen LogP contribution in [0.4, 0.5) is 10.5 Å². The van der Waals surface area contributed by atoms with Crippen molar-refractivity contribution in [1.29, 1.82) is 0 Å². The number of urea groups is 1. The number of benzene rings is 2. The van der Waals surface area contributed by atoms with Crippen molar-refractivity contribution in [3.63, 3.8) is 0 Å². The Labute approximate surface area is 173 Å². The van der Waals surface area contributed by atoms with E-state index in [4.69, 9.17) is 0 Å². The zero-order valence-electron chi connectivity index (χ0n) is 17.9. The number of nitrogens with zero attached hydrogens (tertiary/aromatic N) is 2. The van der Waals surface area contributed by atoms with Crippen LogP contribution in [-0.4, -0.2) is 68.6 Å². The molecule has 0 spiro atoms. The molecule has 29 heavy (non-hydrogen) atoms. The van der Waals surface area contributed by atoms with Crippen molar-refractivity contribution in [2.24, 2.45) is 0 Å². The highest BCUT2D eigenvalue weighted by Crippen LogP contribution is 2.20. The Morgan fingerprint density at radius 1 is 1.24 bits per heavy atom. The Hall–Kier alpha value is -2.19. The second-order valence-corrected chi connectivity index (χ2v) is 7.95. The van der Waals surface area contributed by atoms with Crippen LogP contribution in [0.5, 0.6) is 0 Å². The van der Waals surface area contributed by atoms with Crippen LogP contribution in [0, 0.1) is 0 Å². The number of carbonyl (C=O) groups excluding carboxylic acids is 1. The molecule has 7 heteroatoms. The summed E-state index contributed by atoms with van der Waals surface area (Å²) in [5, 5.41) is 15.0. The van der Waals surface area contributed by atoms with Crippen LogP contribution in [0.25, 0.3) is 10.8 Å². The van der Waals surface area contributed by atoms with Gasteiger partial charge in [-0.25, -0.2) is 4.79 Å². The van der Waals surface area contributed by atoms with E-state index in [0.29, 0.717) is 6.04 Å². The second-order valence-electron chi connectivity index (χ2n) is 7.95. The van der Waals surface area contributed by atoms with Crippen LogP contribution >= 0.6 is 0 Å². The van der Waals surface area contributed by atoms with Crippen LogP contribution in [0.1, 0.15) is 19.8 Å². The fraction of sp³-hybridized carbons (Fsp3) is 0.500. The van der Waals surface area contributed by atoms with Gasteiger partial charge in [0.1, 0.15) is 6.29 Å². The van der Waals surface area contributed by atoms with Gasteiger partial charge >= 0.3 is 6.03 Å². The van der Waals surface area contributed by atoms with E-state index in [1.165, 1.54) is 0 Å². The Morgan fingerprint density at radius 3 is 2.76 bits per heavy atom. The minimum Gasteiger partial charge on any atom is -0.320 e. The SMILES string of the molecule is CNCCCN(C)C1CC(C)NC(NC(=O)Nc2ccc3ccccc3c2)N1C. The summed E-state index contributed by atoms with van der Waals surface area (Å²) < 4.78 is 0. The molecule has 0 saturated carbocycles. The van der Waals surface area contributed by atoms with Gasteiger partial charge in [-0.15, -0.1) is 0 Å². The average Bonchev–Trinajstić information content (AvgIpc) is 2.70. The number of rotatable bonds is 7. The summed E-state index contributed by atoms with van der Waals surface area (Å²) in [4.78, 5) is 17.2. The second kappa shape index (κ2) is 10.0. The first-order valence-electron chi connectivity index (χ1n) is 10.4. The van der Waals surface area contributed by atoms with Crippen molar-refractivity contribution in [2.45, 2.75) is 38.3 Å². The molecule has 1 aliphatic heterocycles. The van der Waals surface area contributed by atoms with E-state index >= 15 is 0 Å². The molecule has 1 saturated heterocycles. The summed E-state index contributed by atoms with van der Waals surface area (Å²) in [6.07, 6.45) is 2.15. The van der Waals surface area contributed by atoms with E-state index in [0.717, 1.165) is 42.4 Å². The van der Waals surface area contributed by atoms with Crippen LogP contribution in [0.3, 0.4) is 0 Å². The lowest BCUT2D eigenvalue weighted by Gasteiger charge is -2.46. The lowest BCUT2D eigenvalue weighted by Crippen LogP contribution is -2.68. The first-order chi connectivity index (χ1) is 14.0. The first-order valence-corrected chi connectivity index (χ1v) is 10.4. The van der Waals surface area contributed by atoms with Crippen LogP contribution in [0.15, 0.2) is 42.5 Å². The van der Waals surface area contributed by atoms with E-state index in [-0.39, 0.29) is 18.5 Å². The van der Waals surface area contributed by atoms with Crippen LogP contribution in [-0.2, 0) is 0 Å². The highest BCUT2D eigenvalue weighted by atomic mass is 16.2. The molecule has 2 aromatic carbocycles. The summed E-state index contributed by atoms with van der Waals surface area (Å²) in [7, 11) is 6.19. The Kier molecular flexibility index (Phi) is 7.44. The van der Waals surface area contributed by atoms with Gasteiger partial charge in [0, 0.05) is 18.3 Å². The number of carbonyl (C=O) groups is 1. The van der Waals surface area contributed by atoms with E-state index in [1.807, 2.05) is 43.4 Å². The molecule has 158 valence electrons. The first kappa shape index (κ1) is 21.5.